The lowest BCUT2D eigenvalue weighted by Crippen LogP contribution is -2.40. The molecule has 1 aromatic heterocycles. The topological polar surface area (TPSA) is 45.2 Å². The largest absolute Gasteiger partial charge is 0.330 e. The van der Waals surface area contributed by atoms with Crippen LogP contribution in [0.5, 0.6) is 0 Å². The Hall–Kier alpha value is -2.80. The Bertz CT molecular complexity index is 796. The maximum Gasteiger partial charge on any atom is 0.323 e. The fourth-order valence-electron chi connectivity index (χ4n) is 3.51. The highest BCUT2D eigenvalue weighted by Gasteiger charge is 2.44. The van der Waals surface area contributed by atoms with E-state index in [1.54, 1.807) is 11.1 Å². The van der Waals surface area contributed by atoms with Crippen LogP contribution in [-0.4, -0.2) is 23.1 Å². The second-order valence-corrected chi connectivity index (χ2v) is 6.52. The molecule has 4 nitrogen and oxygen atoms in total. The van der Waals surface area contributed by atoms with Gasteiger partial charge in [0.15, 0.2) is 0 Å². The number of nitrogens with zero attached hydrogens (tertiary/aromatic N) is 2. The van der Waals surface area contributed by atoms with Gasteiger partial charge in [0, 0.05) is 17.3 Å². The predicted molar refractivity (Wildman–Crippen MR) is 93.7 cm³/mol. The normalized spacial score (nSPS) is 18.3. The number of nitrogens with one attached hydrogen (secondary N) is 1. The minimum absolute atomic E-state index is 0.0347. The predicted octanol–water partition coefficient (Wildman–Crippen LogP) is 3.32. The molecule has 2 amide bonds. The molecule has 0 radical (unpaired) electrons. The van der Waals surface area contributed by atoms with E-state index in [4.69, 9.17) is 0 Å². The Morgan fingerprint density at radius 1 is 1.00 bits per heavy atom. The monoisotopic (exact) mass is 317 g/mol. The molecule has 1 saturated heterocycles. The van der Waals surface area contributed by atoms with Gasteiger partial charge in [-0.2, -0.15) is 0 Å². The van der Waals surface area contributed by atoms with Crippen molar-refractivity contribution >= 4 is 11.8 Å². The molecule has 1 aliphatic heterocycles. The molecule has 2 aromatic rings. The first kappa shape index (κ1) is 14.8. The Balaban J connectivity index is 1.50. The molecule has 4 rings (SSSR count). The first-order valence-electron chi connectivity index (χ1n) is 8.37. The molecule has 4 heteroatoms. The molecule has 2 heterocycles. The molecule has 24 heavy (non-hydrogen) atoms. The molecule has 2 aliphatic rings. The molecule has 1 spiro atoms. The zero-order valence-corrected chi connectivity index (χ0v) is 13.5. The number of amides is 2. The fourth-order valence-corrected chi connectivity index (χ4v) is 3.51. The van der Waals surface area contributed by atoms with Crippen LogP contribution >= 0.6 is 0 Å². The minimum atomic E-state index is -0.0372. The van der Waals surface area contributed by atoms with Crippen LogP contribution in [0.3, 0.4) is 0 Å². The molecule has 2 fully saturated rings. The van der Waals surface area contributed by atoms with Crippen LogP contribution in [-0.2, 0) is 0 Å². The number of pyridine rings is 1. The van der Waals surface area contributed by atoms with Gasteiger partial charge in [0.2, 0.25) is 0 Å². The molecule has 0 bridgehead atoms. The number of carbonyl (C=O) groups is 1. The smallest absolute Gasteiger partial charge is 0.323 e. The first-order chi connectivity index (χ1) is 11.7. The molecule has 1 saturated carbocycles. The molecule has 0 atom stereocenters. The number of urea groups is 1. The van der Waals surface area contributed by atoms with E-state index in [0.717, 1.165) is 24.0 Å². The summed E-state index contributed by atoms with van der Waals surface area (Å²) in [6, 6.07) is 13.6. The van der Waals surface area contributed by atoms with Gasteiger partial charge in [-0.15, -0.1) is 0 Å². The summed E-state index contributed by atoms with van der Waals surface area (Å²) in [7, 11) is 0. The number of carbonyl (C=O) groups excluding carboxylic acids is 1. The van der Waals surface area contributed by atoms with Crippen LogP contribution < -0.4 is 10.2 Å². The van der Waals surface area contributed by atoms with Crippen LogP contribution in [0.1, 0.15) is 36.8 Å². The SMILES string of the molecule is O=C1NC2(CCCC2)CN1c1ccc(C#Cc2ccccc2)cn1. The van der Waals surface area contributed by atoms with Gasteiger partial charge in [0.05, 0.1) is 12.1 Å². The molecule has 1 aromatic carbocycles. The molecule has 120 valence electrons. The summed E-state index contributed by atoms with van der Waals surface area (Å²) in [5.41, 5.74) is 1.78. The highest BCUT2D eigenvalue weighted by molar-refractivity contribution is 5.94. The Morgan fingerprint density at radius 3 is 2.46 bits per heavy atom. The van der Waals surface area contributed by atoms with Crippen molar-refractivity contribution < 1.29 is 4.79 Å². The quantitative estimate of drug-likeness (QED) is 0.820. The van der Waals surface area contributed by atoms with Gasteiger partial charge in [-0.3, -0.25) is 4.90 Å². The lowest BCUT2D eigenvalue weighted by atomic mass is 9.99. The van der Waals surface area contributed by atoms with E-state index < -0.39 is 0 Å². The van der Waals surface area contributed by atoms with Crippen molar-refractivity contribution in [2.24, 2.45) is 0 Å². The van der Waals surface area contributed by atoms with Crippen molar-refractivity contribution in [1.29, 1.82) is 0 Å². The zero-order chi connectivity index (χ0) is 16.4. The standard InChI is InChI=1S/C20H19N3O/c24-19-22-20(12-4-5-13-20)15-23(19)18-11-10-17(14-21-18)9-8-16-6-2-1-3-7-16/h1-3,6-7,10-11,14H,4-5,12-13,15H2,(H,22,24). The zero-order valence-electron chi connectivity index (χ0n) is 13.5. The Kier molecular flexibility index (Phi) is 3.70. The minimum Gasteiger partial charge on any atom is -0.330 e. The summed E-state index contributed by atoms with van der Waals surface area (Å²) < 4.78 is 0. The lowest BCUT2D eigenvalue weighted by molar-refractivity contribution is 0.247. The van der Waals surface area contributed by atoms with Gasteiger partial charge in [-0.05, 0) is 37.1 Å². The summed E-state index contributed by atoms with van der Waals surface area (Å²) >= 11 is 0. The Morgan fingerprint density at radius 2 is 1.75 bits per heavy atom. The summed E-state index contributed by atoms with van der Waals surface area (Å²) in [6.07, 6.45) is 6.25. The molecular formula is C20H19N3O. The van der Waals surface area contributed by atoms with Gasteiger partial charge in [0.1, 0.15) is 5.82 Å². The van der Waals surface area contributed by atoms with Crippen LogP contribution in [0, 0.1) is 11.8 Å². The van der Waals surface area contributed by atoms with E-state index in [-0.39, 0.29) is 11.6 Å². The molecule has 1 aliphatic carbocycles. The number of rotatable bonds is 1. The second-order valence-electron chi connectivity index (χ2n) is 6.52. The highest BCUT2D eigenvalue weighted by Crippen LogP contribution is 2.35. The Labute approximate surface area is 141 Å². The van der Waals surface area contributed by atoms with E-state index in [1.165, 1.54) is 12.8 Å². The van der Waals surface area contributed by atoms with Gasteiger partial charge < -0.3 is 5.32 Å². The van der Waals surface area contributed by atoms with E-state index in [0.29, 0.717) is 12.4 Å². The summed E-state index contributed by atoms with van der Waals surface area (Å²) in [4.78, 5) is 18.5. The number of hydrogen-bond acceptors (Lipinski definition) is 2. The van der Waals surface area contributed by atoms with Crippen molar-refractivity contribution in [2.75, 3.05) is 11.4 Å². The van der Waals surface area contributed by atoms with Crippen LogP contribution in [0.25, 0.3) is 0 Å². The van der Waals surface area contributed by atoms with Crippen molar-refractivity contribution in [3.8, 4) is 11.8 Å². The van der Waals surface area contributed by atoms with Gasteiger partial charge in [0.25, 0.3) is 0 Å². The maximum absolute atomic E-state index is 12.3. The van der Waals surface area contributed by atoms with E-state index >= 15 is 0 Å². The van der Waals surface area contributed by atoms with Gasteiger partial charge in [-0.1, -0.05) is 42.9 Å². The van der Waals surface area contributed by atoms with Gasteiger partial charge >= 0.3 is 6.03 Å². The molecular weight excluding hydrogens is 298 g/mol. The number of aromatic nitrogens is 1. The number of hydrogen-bond donors (Lipinski definition) is 1. The fraction of sp³-hybridized carbons (Fsp3) is 0.300. The van der Waals surface area contributed by atoms with E-state index in [2.05, 4.69) is 22.1 Å². The van der Waals surface area contributed by atoms with Crippen LogP contribution in [0.4, 0.5) is 10.6 Å². The third-order valence-electron chi connectivity index (χ3n) is 4.79. The summed E-state index contributed by atoms with van der Waals surface area (Å²) in [6.45, 7) is 0.716. The van der Waals surface area contributed by atoms with Crippen LogP contribution in [0.2, 0.25) is 0 Å². The second kappa shape index (κ2) is 6.01. The summed E-state index contributed by atoms with van der Waals surface area (Å²) in [5.74, 6) is 6.92. The van der Waals surface area contributed by atoms with Crippen molar-refractivity contribution in [3.63, 3.8) is 0 Å². The highest BCUT2D eigenvalue weighted by atomic mass is 16.2. The third-order valence-corrected chi connectivity index (χ3v) is 4.79. The number of anilines is 1. The third kappa shape index (κ3) is 2.85. The van der Waals surface area contributed by atoms with Gasteiger partial charge in [-0.25, -0.2) is 9.78 Å². The van der Waals surface area contributed by atoms with E-state index in [1.807, 2.05) is 42.5 Å². The molecule has 1 N–H and O–H groups in total. The average molecular weight is 317 g/mol. The summed E-state index contributed by atoms with van der Waals surface area (Å²) in [5, 5.41) is 3.16. The number of benzene rings is 1. The van der Waals surface area contributed by atoms with Crippen molar-refractivity contribution in [3.05, 3.63) is 59.8 Å². The first-order valence-corrected chi connectivity index (χ1v) is 8.37. The molecule has 0 unspecified atom stereocenters. The lowest BCUT2D eigenvalue weighted by Gasteiger charge is -2.21. The van der Waals surface area contributed by atoms with Crippen molar-refractivity contribution in [2.45, 2.75) is 31.2 Å². The maximum atomic E-state index is 12.3. The van der Waals surface area contributed by atoms with Crippen LogP contribution in [0.15, 0.2) is 48.7 Å². The van der Waals surface area contributed by atoms with Crippen molar-refractivity contribution in [1.82, 2.24) is 10.3 Å². The average Bonchev–Trinajstić information content (AvgIpc) is 3.21. The van der Waals surface area contributed by atoms with E-state index in [9.17, 15) is 4.79 Å².